The Kier molecular flexibility index (Phi) is 2.84. The third-order valence-electron chi connectivity index (χ3n) is 3.95. The van der Waals surface area contributed by atoms with Crippen LogP contribution in [0.4, 0.5) is 0 Å². The van der Waals surface area contributed by atoms with E-state index in [9.17, 15) is 5.11 Å². The summed E-state index contributed by atoms with van der Waals surface area (Å²) in [6.07, 6.45) is 5.95. The molecule has 1 aromatic heterocycles. The minimum atomic E-state index is -0.124. The molecule has 0 bridgehead atoms. The van der Waals surface area contributed by atoms with Crippen molar-refractivity contribution in [1.29, 1.82) is 0 Å². The van der Waals surface area contributed by atoms with E-state index in [0.717, 1.165) is 50.4 Å². The molecule has 2 aliphatic rings. The van der Waals surface area contributed by atoms with E-state index in [2.05, 4.69) is 9.97 Å². The molecule has 0 atom stereocenters. The van der Waals surface area contributed by atoms with Crippen LogP contribution >= 0.6 is 0 Å². The number of aliphatic hydroxyl groups excluding tert-OH is 1. The van der Waals surface area contributed by atoms with Crippen LogP contribution in [0.5, 0.6) is 0 Å². The number of aromatic nitrogens is 2. The molecule has 1 aliphatic carbocycles. The third kappa shape index (κ3) is 2.07. The van der Waals surface area contributed by atoms with Crippen LogP contribution in [0, 0.1) is 0 Å². The molecule has 4 heteroatoms. The van der Waals surface area contributed by atoms with Crippen molar-refractivity contribution in [3.63, 3.8) is 0 Å². The monoisotopic (exact) mass is 234 g/mol. The van der Waals surface area contributed by atoms with Gasteiger partial charge in [-0.25, -0.2) is 9.97 Å². The molecule has 92 valence electrons. The molecule has 0 aromatic carbocycles. The predicted molar refractivity (Wildman–Crippen MR) is 62.8 cm³/mol. The molecule has 1 aromatic rings. The summed E-state index contributed by atoms with van der Waals surface area (Å²) in [6, 6.07) is 2.01. The van der Waals surface area contributed by atoms with Gasteiger partial charge in [-0.3, -0.25) is 0 Å². The Labute approximate surface area is 101 Å². The largest absolute Gasteiger partial charge is 0.395 e. The van der Waals surface area contributed by atoms with Gasteiger partial charge in [0.1, 0.15) is 5.82 Å². The second-order valence-electron chi connectivity index (χ2n) is 5.13. The van der Waals surface area contributed by atoms with E-state index in [4.69, 9.17) is 4.74 Å². The van der Waals surface area contributed by atoms with Crippen LogP contribution in [0.1, 0.15) is 43.1 Å². The zero-order chi connectivity index (χ0) is 11.7. The number of rotatable bonds is 3. The molecule has 2 fully saturated rings. The standard InChI is InChI=1S/C13H18N2O2/c16-9-13(4-5-13)12-14-6-1-11(15-12)10-2-7-17-8-3-10/h1,6,10,16H,2-5,7-9H2. The highest BCUT2D eigenvalue weighted by molar-refractivity contribution is 5.21. The van der Waals surface area contributed by atoms with Gasteiger partial charge in [-0.15, -0.1) is 0 Å². The first-order valence-electron chi connectivity index (χ1n) is 6.36. The van der Waals surface area contributed by atoms with Crippen molar-refractivity contribution in [2.45, 2.75) is 37.0 Å². The van der Waals surface area contributed by atoms with Crippen LogP contribution in [0.15, 0.2) is 12.3 Å². The highest BCUT2D eigenvalue weighted by atomic mass is 16.5. The summed E-state index contributed by atoms with van der Waals surface area (Å²) in [7, 11) is 0. The number of nitrogens with zero attached hydrogens (tertiary/aromatic N) is 2. The first-order valence-corrected chi connectivity index (χ1v) is 6.36. The summed E-state index contributed by atoms with van der Waals surface area (Å²) in [5.74, 6) is 1.34. The first kappa shape index (κ1) is 11.1. The Balaban J connectivity index is 1.83. The maximum absolute atomic E-state index is 9.41. The molecule has 3 rings (SSSR count). The molecule has 4 nitrogen and oxygen atoms in total. The zero-order valence-corrected chi connectivity index (χ0v) is 9.93. The number of aliphatic hydroxyl groups is 1. The SMILES string of the molecule is OCC1(c2nccc(C3CCOCC3)n2)CC1. The van der Waals surface area contributed by atoms with Crippen LogP contribution in [-0.4, -0.2) is 34.9 Å². The van der Waals surface area contributed by atoms with Gasteiger partial charge < -0.3 is 9.84 Å². The Morgan fingerprint density at radius 1 is 1.35 bits per heavy atom. The van der Waals surface area contributed by atoms with E-state index in [1.807, 2.05) is 12.3 Å². The van der Waals surface area contributed by atoms with Crippen molar-refractivity contribution in [3.8, 4) is 0 Å². The van der Waals surface area contributed by atoms with E-state index in [1.165, 1.54) is 0 Å². The molecule has 1 N–H and O–H groups in total. The van der Waals surface area contributed by atoms with E-state index >= 15 is 0 Å². The minimum absolute atomic E-state index is 0.124. The normalized spacial score (nSPS) is 23.6. The van der Waals surface area contributed by atoms with Crippen molar-refractivity contribution >= 4 is 0 Å². The topological polar surface area (TPSA) is 55.2 Å². The lowest BCUT2D eigenvalue weighted by molar-refractivity contribution is 0.0843. The first-order chi connectivity index (χ1) is 8.34. The fraction of sp³-hybridized carbons (Fsp3) is 0.692. The number of ether oxygens (including phenoxy) is 1. The fourth-order valence-electron chi connectivity index (χ4n) is 2.45. The average Bonchev–Trinajstić information content (AvgIpc) is 3.21. The molecule has 0 spiro atoms. The van der Waals surface area contributed by atoms with Gasteiger partial charge >= 0.3 is 0 Å². The molecular weight excluding hydrogens is 216 g/mol. The lowest BCUT2D eigenvalue weighted by Gasteiger charge is -2.22. The van der Waals surface area contributed by atoms with Gasteiger partial charge in [-0.05, 0) is 31.7 Å². The zero-order valence-electron chi connectivity index (χ0n) is 9.93. The van der Waals surface area contributed by atoms with Gasteiger partial charge in [-0.2, -0.15) is 0 Å². The van der Waals surface area contributed by atoms with Gasteiger partial charge in [0.15, 0.2) is 0 Å². The van der Waals surface area contributed by atoms with Crippen LogP contribution < -0.4 is 0 Å². The molecule has 2 heterocycles. The molecule has 1 saturated carbocycles. The molecule has 0 unspecified atom stereocenters. The van der Waals surface area contributed by atoms with Crippen LogP contribution in [-0.2, 0) is 10.2 Å². The maximum Gasteiger partial charge on any atom is 0.136 e. The van der Waals surface area contributed by atoms with Gasteiger partial charge in [-0.1, -0.05) is 0 Å². The molecular formula is C13H18N2O2. The summed E-state index contributed by atoms with van der Waals surface area (Å²) in [5.41, 5.74) is 0.999. The van der Waals surface area contributed by atoms with Gasteiger partial charge in [0.05, 0.1) is 12.0 Å². The highest BCUT2D eigenvalue weighted by Gasteiger charge is 2.46. The van der Waals surface area contributed by atoms with E-state index in [-0.39, 0.29) is 12.0 Å². The lowest BCUT2D eigenvalue weighted by Crippen LogP contribution is -2.20. The molecule has 0 radical (unpaired) electrons. The van der Waals surface area contributed by atoms with Crippen molar-refractivity contribution in [2.24, 2.45) is 0 Å². The average molecular weight is 234 g/mol. The van der Waals surface area contributed by atoms with Gasteiger partial charge in [0.2, 0.25) is 0 Å². The Morgan fingerprint density at radius 2 is 2.12 bits per heavy atom. The summed E-state index contributed by atoms with van der Waals surface area (Å²) in [5, 5.41) is 9.41. The van der Waals surface area contributed by atoms with Crippen LogP contribution in [0.3, 0.4) is 0 Å². The number of hydrogen-bond acceptors (Lipinski definition) is 4. The van der Waals surface area contributed by atoms with Crippen molar-refractivity contribution in [2.75, 3.05) is 19.8 Å². The summed E-state index contributed by atoms with van der Waals surface area (Å²) in [6.45, 7) is 1.83. The second-order valence-corrected chi connectivity index (χ2v) is 5.13. The van der Waals surface area contributed by atoms with E-state index in [0.29, 0.717) is 5.92 Å². The lowest BCUT2D eigenvalue weighted by atomic mass is 9.96. The van der Waals surface area contributed by atoms with Crippen molar-refractivity contribution in [1.82, 2.24) is 9.97 Å². The van der Waals surface area contributed by atoms with Crippen LogP contribution in [0.2, 0.25) is 0 Å². The summed E-state index contributed by atoms with van der Waals surface area (Å²) < 4.78 is 5.37. The second kappa shape index (κ2) is 4.35. The fourth-order valence-corrected chi connectivity index (χ4v) is 2.45. The Bertz CT molecular complexity index is 398. The van der Waals surface area contributed by atoms with Crippen molar-refractivity contribution < 1.29 is 9.84 Å². The van der Waals surface area contributed by atoms with Gasteiger partial charge in [0, 0.05) is 31.0 Å². The number of hydrogen-bond donors (Lipinski definition) is 1. The Hall–Kier alpha value is -1.00. The highest BCUT2D eigenvalue weighted by Crippen LogP contribution is 2.46. The molecule has 17 heavy (non-hydrogen) atoms. The quantitative estimate of drug-likeness (QED) is 0.858. The van der Waals surface area contributed by atoms with E-state index < -0.39 is 0 Å². The summed E-state index contributed by atoms with van der Waals surface area (Å²) in [4.78, 5) is 9.01. The molecule has 1 saturated heterocycles. The predicted octanol–water partition coefficient (Wildman–Crippen LogP) is 1.39. The third-order valence-corrected chi connectivity index (χ3v) is 3.95. The summed E-state index contributed by atoms with van der Waals surface area (Å²) >= 11 is 0. The van der Waals surface area contributed by atoms with Crippen molar-refractivity contribution in [3.05, 3.63) is 23.8 Å². The minimum Gasteiger partial charge on any atom is -0.395 e. The van der Waals surface area contributed by atoms with Crippen LogP contribution in [0.25, 0.3) is 0 Å². The maximum atomic E-state index is 9.41. The van der Waals surface area contributed by atoms with Gasteiger partial charge in [0.25, 0.3) is 0 Å². The Morgan fingerprint density at radius 3 is 2.76 bits per heavy atom. The molecule has 0 amide bonds. The van der Waals surface area contributed by atoms with E-state index in [1.54, 1.807) is 0 Å². The smallest absolute Gasteiger partial charge is 0.136 e. The molecule has 1 aliphatic heterocycles.